The molecule has 0 amide bonds. The Morgan fingerprint density at radius 3 is 2.53 bits per heavy atom. The normalized spacial score (nSPS) is 11.5. The molecule has 0 radical (unpaired) electrons. The Labute approximate surface area is 90.8 Å². The maximum absolute atomic E-state index is 5.55. The van der Waals surface area contributed by atoms with Crippen LogP contribution in [0.15, 0.2) is 55.8 Å². The van der Waals surface area contributed by atoms with E-state index in [1.807, 2.05) is 36.4 Å². The van der Waals surface area contributed by atoms with Crippen molar-refractivity contribution in [2.24, 2.45) is 0 Å². The zero-order valence-electron chi connectivity index (χ0n) is 8.76. The fourth-order valence-corrected chi connectivity index (χ4v) is 1.19. The van der Waals surface area contributed by atoms with E-state index in [0.29, 0.717) is 6.61 Å². The SMILES string of the molecule is C=CCC(COc1ccccc1)OC=C. The van der Waals surface area contributed by atoms with Crippen molar-refractivity contribution >= 4 is 0 Å². The van der Waals surface area contributed by atoms with Crippen LogP contribution in [-0.4, -0.2) is 12.7 Å². The lowest BCUT2D eigenvalue weighted by molar-refractivity contribution is 0.0912. The summed E-state index contributed by atoms with van der Waals surface area (Å²) in [6, 6.07) is 9.66. The number of para-hydroxylation sites is 1. The van der Waals surface area contributed by atoms with Crippen LogP contribution in [0, 0.1) is 0 Å². The molecule has 0 saturated carbocycles. The molecule has 0 spiro atoms. The third-order valence-electron chi connectivity index (χ3n) is 1.90. The molecule has 0 N–H and O–H groups in total. The van der Waals surface area contributed by atoms with Gasteiger partial charge in [0.1, 0.15) is 18.5 Å². The van der Waals surface area contributed by atoms with Crippen molar-refractivity contribution in [2.75, 3.05) is 6.61 Å². The summed E-state index contributed by atoms with van der Waals surface area (Å²) in [6.45, 7) is 7.70. The molecule has 0 heterocycles. The average Bonchev–Trinajstić information content (AvgIpc) is 2.28. The van der Waals surface area contributed by atoms with Crippen LogP contribution in [0.25, 0.3) is 0 Å². The molecule has 0 bridgehead atoms. The lowest BCUT2D eigenvalue weighted by Gasteiger charge is -2.15. The first-order chi connectivity index (χ1) is 7.36. The van der Waals surface area contributed by atoms with Crippen LogP contribution in [-0.2, 0) is 4.74 Å². The van der Waals surface area contributed by atoms with Gasteiger partial charge in [-0.3, -0.25) is 0 Å². The van der Waals surface area contributed by atoms with Crippen LogP contribution in [0.1, 0.15) is 6.42 Å². The van der Waals surface area contributed by atoms with Crippen LogP contribution >= 0.6 is 0 Å². The Morgan fingerprint density at radius 1 is 1.20 bits per heavy atom. The van der Waals surface area contributed by atoms with Crippen molar-refractivity contribution in [3.05, 3.63) is 55.8 Å². The van der Waals surface area contributed by atoms with Crippen molar-refractivity contribution < 1.29 is 9.47 Å². The number of hydrogen-bond donors (Lipinski definition) is 0. The van der Waals surface area contributed by atoms with Gasteiger partial charge < -0.3 is 9.47 Å². The molecule has 0 aromatic heterocycles. The molecule has 1 atom stereocenters. The molecule has 1 aromatic rings. The summed E-state index contributed by atoms with van der Waals surface area (Å²) in [6.07, 6.45) is 3.98. The number of benzene rings is 1. The van der Waals surface area contributed by atoms with Gasteiger partial charge in [0.2, 0.25) is 0 Å². The summed E-state index contributed by atoms with van der Waals surface area (Å²) >= 11 is 0. The summed E-state index contributed by atoms with van der Waals surface area (Å²) in [5.74, 6) is 0.847. The Morgan fingerprint density at radius 2 is 1.93 bits per heavy atom. The van der Waals surface area contributed by atoms with Crippen LogP contribution in [0.4, 0.5) is 0 Å². The van der Waals surface area contributed by atoms with Crippen LogP contribution in [0.2, 0.25) is 0 Å². The first-order valence-corrected chi connectivity index (χ1v) is 4.92. The molecule has 0 aliphatic carbocycles. The molecule has 15 heavy (non-hydrogen) atoms. The molecule has 1 rings (SSSR count). The molecule has 0 aliphatic heterocycles. The van der Waals surface area contributed by atoms with Gasteiger partial charge in [-0.15, -0.1) is 6.58 Å². The predicted molar refractivity (Wildman–Crippen MR) is 61.8 cm³/mol. The molecule has 1 aromatic carbocycles. The molecule has 2 nitrogen and oxygen atoms in total. The van der Waals surface area contributed by atoms with E-state index in [1.165, 1.54) is 6.26 Å². The molecule has 2 heteroatoms. The molecular formula is C13H16O2. The van der Waals surface area contributed by atoms with Gasteiger partial charge in [-0.25, -0.2) is 0 Å². The van der Waals surface area contributed by atoms with Crippen molar-refractivity contribution in [1.29, 1.82) is 0 Å². The topological polar surface area (TPSA) is 18.5 Å². The van der Waals surface area contributed by atoms with Crippen LogP contribution in [0.5, 0.6) is 5.75 Å². The minimum atomic E-state index is -0.0137. The highest BCUT2D eigenvalue weighted by Gasteiger charge is 2.06. The van der Waals surface area contributed by atoms with E-state index in [0.717, 1.165) is 12.2 Å². The van der Waals surface area contributed by atoms with E-state index in [-0.39, 0.29) is 6.10 Å². The van der Waals surface area contributed by atoms with Crippen molar-refractivity contribution in [2.45, 2.75) is 12.5 Å². The maximum Gasteiger partial charge on any atom is 0.135 e. The number of hydrogen-bond acceptors (Lipinski definition) is 2. The van der Waals surface area contributed by atoms with E-state index in [1.54, 1.807) is 0 Å². The number of ether oxygens (including phenoxy) is 2. The summed E-state index contributed by atoms with van der Waals surface area (Å²) < 4.78 is 10.8. The monoisotopic (exact) mass is 204 g/mol. The quantitative estimate of drug-likeness (QED) is 0.501. The fraction of sp³-hybridized carbons (Fsp3) is 0.231. The molecule has 0 fully saturated rings. The fourth-order valence-electron chi connectivity index (χ4n) is 1.19. The van der Waals surface area contributed by atoms with Crippen LogP contribution in [0.3, 0.4) is 0 Å². The second-order valence-corrected chi connectivity index (χ2v) is 3.07. The van der Waals surface area contributed by atoms with E-state index in [2.05, 4.69) is 13.2 Å². The lowest BCUT2D eigenvalue weighted by atomic mass is 10.2. The predicted octanol–water partition coefficient (Wildman–Crippen LogP) is 3.17. The van der Waals surface area contributed by atoms with Gasteiger partial charge in [-0.1, -0.05) is 30.9 Å². The maximum atomic E-state index is 5.55. The Balaban J connectivity index is 2.39. The van der Waals surface area contributed by atoms with Crippen LogP contribution < -0.4 is 4.74 Å². The summed E-state index contributed by atoms with van der Waals surface area (Å²) in [4.78, 5) is 0. The van der Waals surface area contributed by atoms with Crippen molar-refractivity contribution in [3.8, 4) is 5.75 Å². The highest BCUT2D eigenvalue weighted by Crippen LogP contribution is 2.10. The highest BCUT2D eigenvalue weighted by atomic mass is 16.5. The second kappa shape index (κ2) is 6.71. The van der Waals surface area contributed by atoms with Gasteiger partial charge >= 0.3 is 0 Å². The summed E-state index contributed by atoms with van der Waals surface area (Å²) in [5, 5.41) is 0. The molecule has 80 valence electrons. The average molecular weight is 204 g/mol. The van der Waals surface area contributed by atoms with E-state index < -0.39 is 0 Å². The van der Waals surface area contributed by atoms with Gasteiger partial charge in [-0.05, 0) is 12.1 Å². The van der Waals surface area contributed by atoms with Gasteiger partial charge in [0.25, 0.3) is 0 Å². The second-order valence-electron chi connectivity index (χ2n) is 3.07. The largest absolute Gasteiger partial charge is 0.495 e. The Bertz CT molecular complexity index is 283. The molecule has 1 unspecified atom stereocenters. The smallest absolute Gasteiger partial charge is 0.135 e. The van der Waals surface area contributed by atoms with Gasteiger partial charge in [0, 0.05) is 6.42 Å². The zero-order valence-corrected chi connectivity index (χ0v) is 8.76. The van der Waals surface area contributed by atoms with Gasteiger partial charge in [0.05, 0.1) is 6.26 Å². The summed E-state index contributed by atoms with van der Waals surface area (Å²) in [7, 11) is 0. The molecule has 0 saturated heterocycles. The Kier molecular flexibility index (Phi) is 5.09. The minimum absolute atomic E-state index is 0.0137. The summed E-state index contributed by atoms with van der Waals surface area (Å²) in [5.41, 5.74) is 0. The van der Waals surface area contributed by atoms with Crippen molar-refractivity contribution in [3.63, 3.8) is 0 Å². The standard InChI is InChI=1S/C13H16O2/c1-3-8-13(14-4-2)11-15-12-9-6-5-7-10-12/h3-7,9-10,13H,1-2,8,11H2. The highest BCUT2D eigenvalue weighted by molar-refractivity contribution is 5.20. The molecular weight excluding hydrogens is 188 g/mol. The third kappa shape index (κ3) is 4.36. The van der Waals surface area contributed by atoms with Crippen molar-refractivity contribution in [1.82, 2.24) is 0 Å². The first-order valence-electron chi connectivity index (χ1n) is 4.92. The first kappa shape index (κ1) is 11.4. The van der Waals surface area contributed by atoms with E-state index >= 15 is 0 Å². The minimum Gasteiger partial charge on any atom is -0.495 e. The van der Waals surface area contributed by atoms with Gasteiger partial charge in [-0.2, -0.15) is 0 Å². The lowest BCUT2D eigenvalue weighted by Crippen LogP contribution is -2.18. The Hall–Kier alpha value is -1.70. The van der Waals surface area contributed by atoms with Gasteiger partial charge in [0.15, 0.2) is 0 Å². The number of rotatable bonds is 7. The zero-order chi connectivity index (χ0) is 10.9. The van der Waals surface area contributed by atoms with E-state index in [4.69, 9.17) is 9.47 Å². The third-order valence-corrected chi connectivity index (χ3v) is 1.90. The molecule has 0 aliphatic rings. The van der Waals surface area contributed by atoms with E-state index in [9.17, 15) is 0 Å².